The highest BCUT2D eigenvalue weighted by atomic mass is 16.1. The van der Waals surface area contributed by atoms with Gasteiger partial charge in [0.15, 0.2) is 5.82 Å². The first-order chi connectivity index (χ1) is 10.1. The number of carbonyl (C=O) groups is 1. The molecule has 1 atom stereocenters. The summed E-state index contributed by atoms with van der Waals surface area (Å²) in [5, 5.41) is 6.14. The third-order valence-electron chi connectivity index (χ3n) is 2.91. The number of anilines is 2. The third-order valence-corrected chi connectivity index (χ3v) is 2.91. The largest absolute Gasteiger partial charge is 0.370 e. The topological polar surface area (TPSA) is 92.9 Å². The number of aromatic nitrogens is 2. The van der Waals surface area contributed by atoms with E-state index < -0.39 is 11.9 Å². The van der Waals surface area contributed by atoms with E-state index in [2.05, 4.69) is 20.6 Å². The van der Waals surface area contributed by atoms with Crippen LogP contribution in [0.4, 0.5) is 11.6 Å². The Kier molecular flexibility index (Phi) is 4.71. The lowest BCUT2D eigenvalue weighted by Gasteiger charge is -2.13. The van der Waals surface area contributed by atoms with Crippen LogP contribution in [0.1, 0.15) is 13.8 Å². The molecule has 1 heterocycles. The normalized spacial score (nSPS) is 11.7. The SMILES string of the molecule is CCNc1cc(NC(C)C(N)=O)nc(-c2ccccc2)n1. The van der Waals surface area contributed by atoms with Gasteiger partial charge >= 0.3 is 0 Å². The number of nitrogens with zero attached hydrogens (tertiary/aromatic N) is 2. The quantitative estimate of drug-likeness (QED) is 0.753. The second-order valence-corrected chi connectivity index (χ2v) is 4.63. The summed E-state index contributed by atoms with van der Waals surface area (Å²) in [7, 11) is 0. The number of carbonyl (C=O) groups excluding carboxylic acids is 1. The molecule has 0 bridgehead atoms. The highest BCUT2D eigenvalue weighted by Crippen LogP contribution is 2.20. The van der Waals surface area contributed by atoms with Crippen LogP contribution in [0.15, 0.2) is 36.4 Å². The standard InChI is InChI=1S/C15H19N5O/c1-3-17-12-9-13(18-10(2)14(16)21)20-15(19-12)11-7-5-4-6-8-11/h4-10H,3H2,1-2H3,(H2,16,21)(H2,17,18,19,20). The van der Waals surface area contributed by atoms with Gasteiger partial charge in [0.25, 0.3) is 0 Å². The van der Waals surface area contributed by atoms with Crippen LogP contribution in [-0.2, 0) is 4.79 Å². The fraction of sp³-hybridized carbons (Fsp3) is 0.267. The maximum absolute atomic E-state index is 11.2. The number of nitrogens with two attached hydrogens (primary N) is 1. The Bertz CT molecular complexity index is 615. The van der Waals surface area contributed by atoms with Crippen LogP contribution >= 0.6 is 0 Å². The first-order valence-corrected chi connectivity index (χ1v) is 6.84. The summed E-state index contributed by atoms with van der Waals surface area (Å²) in [6, 6.07) is 10.9. The molecule has 0 saturated heterocycles. The number of hydrogen-bond donors (Lipinski definition) is 3. The van der Waals surface area contributed by atoms with Crippen molar-refractivity contribution in [2.45, 2.75) is 19.9 Å². The minimum absolute atomic E-state index is 0.431. The summed E-state index contributed by atoms with van der Waals surface area (Å²) in [5.74, 6) is 1.42. The molecule has 6 nitrogen and oxygen atoms in total. The van der Waals surface area contributed by atoms with Crippen molar-refractivity contribution in [1.82, 2.24) is 9.97 Å². The fourth-order valence-corrected chi connectivity index (χ4v) is 1.80. The van der Waals surface area contributed by atoms with E-state index in [0.717, 1.165) is 12.1 Å². The molecule has 6 heteroatoms. The van der Waals surface area contributed by atoms with Crippen molar-refractivity contribution in [1.29, 1.82) is 0 Å². The highest BCUT2D eigenvalue weighted by molar-refractivity contribution is 5.82. The molecule has 1 aromatic heterocycles. The van der Waals surface area contributed by atoms with Crippen LogP contribution in [0.3, 0.4) is 0 Å². The van der Waals surface area contributed by atoms with Gasteiger partial charge in [-0.15, -0.1) is 0 Å². The van der Waals surface area contributed by atoms with E-state index in [1.54, 1.807) is 13.0 Å². The third kappa shape index (κ3) is 3.92. The van der Waals surface area contributed by atoms with Crippen LogP contribution in [0.5, 0.6) is 0 Å². The van der Waals surface area contributed by atoms with Gasteiger partial charge in [-0.2, -0.15) is 0 Å². The van der Waals surface area contributed by atoms with Crippen LogP contribution in [-0.4, -0.2) is 28.5 Å². The monoisotopic (exact) mass is 285 g/mol. The minimum Gasteiger partial charge on any atom is -0.370 e. The van der Waals surface area contributed by atoms with Crippen molar-refractivity contribution in [3.8, 4) is 11.4 Å². The van der Waals surface area contributed by atoms with Gasteiger partial charge in [-0.25, -0.2) is 9.97 Å². The van der Waals surface area contributed by atoms with Crippen LogP contribution in [0, 0.1) is 0 Å². The van der Waals surface area contributed by atoms with Gasteiger partial charge in [-0.1, -0.05) is 30.3 Å². The molecule has 0 saturated carbocycles. The second-order valence-electron chi connectivity index (χ2n) is 4.63. The van der Waals surface area contributed by atoms with Crippen molar-refractivity contribution in [3.63, 3.8) is 0 Å². The lowest BCUT2D eigenvalue weighted by Crippen LogP contribution is -2.32. The van der Waals surface area contributed by atoms with E-state index in [9.17, 15) is 4.79 Å². The average molecular weight is 285 g/mol. The van der Waals surface area contributed by atoms with E-state index in [-0.39, 0.29) is 0 Å². The molecular weight excluding hydrogens is 266 g/mol. The Morgan fingerprint density at radius 3 is 2.52 bits per heavy atom. The first-order valence-electron chi connectivity index (χ1n) is 6.84. The van der Waals surface area contributed by atoms with E-state index in [4.69, 9.17) is 5.73 Å². The molecule has 0 fully saturated rings. The maximum Gasteiger partial charge on any atom is 0.239 e. The van der Waals surface area contributed by atoms with E-state index in [0.29, 0.717) is 17.5 Å². The lowest BCUT2D eigenvalue weighted by atomic mass is 10.2. The molecular formula is C15H19N5O. The number of amides is 1. The van der Waals surface area contributed by atoms with Crippen molar-refractivity contribution in [2.75, 3.05) is 17.2 Å². The molecule has 0 aliphatic heterocycles. The van der Waals surface area contributed by atoms with Crippen LogP contribution < -0.4 is 16.4 Å². The van der Waals surface area contributed by atoms with Gasteiger partial charge in [0.2, 0.25) is 5.91 Å². The summed E-state index contributed by atoms with van der Waals surface area (Å²) >= 11 is 0. The van der Waals surface area contributed by atoms with E-state index in [1.807, 2.05) is 37.3 Å². The van der Waals surface area contributed by atoms with Crippen LogP contribution in [0.25, 0.3) is 11.4 Å². The van der Waals surface area contributed by atoms with Gasteiger partial charge < -0.3 is 16.4 Å². The molecule has 0 spiro atoms. The average Bonchev–Trinajstić information content (AvgIpc) is 2.48. The molecule has 21 heavy (non-hydrogen) atoms. The molecule has 1 unspecified atom stereocenters. The highest BCUT2D eigenvalue weighted by Gasteiger charge is 2.11. The Balaban J connectivity index is 2.37. The number of primary amides is 1. The summed E-state index contributed by atoms with van der Waals surface area (Å²) in [4.78, 5) is 20.1. The summed E-state index contributed by atoms with van der Waals surface area (Å²) in [6.07, 6.45) is 0. The number of rotatable bonds is 6. The number of nitrogens with one attached hydrogen (secondary N) is 2. The van der Waals surface area contributed by atoms with Gasteiger partial charge in [-0.3, -0.25) is 4.79 Å². The number of benzene rings is 1. The van der Waals surface area contributed by atoms with Gasteiger partial charge in [0.1, 0.15) is 17.7 Å². The predicted octanol–water partition coefficient (Wildman–Crippen LogP) is 1.86. The fourth-order valence-electron chi connectivity index (χ4n) is 1.80. The van der Waals surface area contributed by atoms with Crippen molar-refractivity contribution in [3.05, 3.63) is 36.4 Å². The predicted molar refractivity (Wildman–Crippen MR) is 83.9 cm³/mol. The zero-order valence-electron chi connectivity index (χ0n) is 12.1. The summed E-state index contributed by atoms with van der Waals surface area (Å²) in [5.41, 5.74) is 6.18. The van der Waals surface area contributed by atoms with Crippen LogP contribution in [0.2, 0.25) is 0 Å². The Labute approximate surface area is 123 Å². The van der Waals surface area contributed by atoms with Crippen molar-refractivity contribution < 1.29 is 4.79 Å². The Morgan fingerprint density at radius 1 is 1.24 bits per heavy atom. The molecule has 0 aliphatic carbocycles. The molecule has 0 radical (unpaired) electrons. The molecule has 4 N–H and O–H groups in total. The van der Waals surface area contributed by atoms with E-state index >= 15 is 0 Å². The maximum atomic E-state index is 11.2. The minimum atomic E-state index is -0.502. The van der Waals surface area contributed by atoms with Gasteiger partial charge in [0.05, 0.1) is 0 Å². The van der Waals surface area contributed by atoms with Gasteiger partial charge in [0, 0.05) is 18.2 Å². The molecule has 2 aromatic rings. The zero-order chi connectivity index (χ0) is 15.2. The summed E-state index contributed by atoms with van der Waals surface area (Å²) < 4.78 is 0. The molecule has 110 valence electrons. The zero-order valence-corrected chi connectivity index (χ0v) is 12.1. The molecule has 0 aliphatic rings. The lowest BCUT2D eigenvalue weighted by molar-refractivity contribution is -0.118. The van der Waals surface area contributed by atoms with Gasteiger partial charge in [-0.05, 0) is 13.8 Å². The Hall–Kier alpha value is -2.63. The molecule has 2 rings (SSSR count). The van der Waals surface area contributed by atoms with Crippen molar-refractivity contribution >= 4 is 17.5 Å². The Morgan fingerprint density at radius 2 is 1.90 bits per heavy atom. The van der Waals surface area contributed by atoms with Crippen molar-refractivity contribution in [2.24, 2.45) is 5.73 Å². The second kappa shape index (κ2) is 6.69. The molecule has 1 aromatic carbocycles. The number of hydrogen-bond acceptors (Lipinski definition) is 5. The smallest absolute Gasteiger partial charge is 0.239 e. The first kappa shape index (κ1) is 14.8. The molecule has 1 amide bonds. The van der Waals surface area contributed by atoms with E-state index in [1.165, 1.54) is 0 Å². The summed E-state index contributed by atoms with van der Waals surface area (Å²) in [6.45, 7) is 4.43.